The van der Waals surface area contributed by atoms with Crippen molar-refractivity contribution >= 4 is 5.97 Å². The van der Waals surface area contributed by atoms with E-state index in [2.05, 4.69) is 19.9 Å². The molecule has 0 amide bonds. The second-order valence-electron chi connectivity index (χ2n) is 6.16. The van der Waals surface area contributed by atoms with Crippen molar-refractivity contribution in [3.05, 3.63) is 11.7 Å². The first-order valence-electron chi connectivity index (χ1n) is 7.50. The van der Waals surface area contributed by atoms with Gasteiger partial charge in [0.1, 0.15) is 5.41 Å². The van der Waals surface area contributed by atoms with Gasteiger partial charge in [0.15, 0.2) is 5.82 Å². The van der Waals surface area contributed by atoms with Crippen LogP contribution in [0.5, 0.6) is 0 Å². The number of piperazine rings is 3. The topological polar surface area (TPSA) is 71.7 Å². The number of nitrogens with zero attached hydrogens (tertiary/aromatic N) is 4. The summed E-state index contributed by atoms with van der Waals surface area (Å²) in [5.41, 5.74) is -0.912. The molecule has 1 aromatic heterocycles. The number of fused-ring (bicyclic) bond motifs is 3. The highest BCUT2D eigenvalue weighted by molar-refractivity contribution is 5.80. The van der Waals surface area contributed by atoms with Crippen molar-refractivity contribution in [2.24, 2.45) is 0 Å². The van der Waals surface area contributed by atoms with Crippen LogP contribution < -0.4 is 0 Å². The molecular weight excluding hydrogens is 272 g/mol. The fraction of sp³-hybridized carbons (Fsp3) is 0.786. The van der Waals surface area contributed by atoms with Gasteiger partial charge < -0.3 is 9.26 Å². The summed E-state index contributed by atoms with van der Waals surface area (Å²) in [5.74, 6) is 0.662. The van der Waals surface area contributed by atoms with Crippen LogP contribution in [0.3, 0.4) is 0 Å². The van der Waals surface area contributed by atoms with E-state index in [1.54, 1.807) is 20.8 Å². The molecule has 1 aromatic rings. The fourth-order valence-electron chi connectivity index (χ4n) is 2.89. The Hall–Kier alpha value is -1.47. The van der Waals surface area contributed by atoms with Gasteiger partial charge in [-0.05, 0) is 20.8 Å². The van der Waals surface area contributed by atoms with Gasteiger partial charge in [0.25, 0.3) is 0 Å². The van der Waals surface area contributed by atoms with Crippen LogP contribution in [0.1, 0.15) is 38.5 Å². The molecule has 0 radical (unpaired) electrons. The lowest BCUT2D eigenvalue weighted by molar-refractivity contribution is -0.149. The molecule has 0 spiro atoms. The third-order valence-corrected chi connectivity index (χ3v) is 4.34. The van der Waals surface area contributed by atoms with E-state index in [-0.39, 0.29) is 12.0 Å². The maximum atomic E-state index is 12.0. The highest BCUT2D eigenvalue weighted by Crippen LogP contribution is 2.29. The molecule has 4 rings (SSSR count). The largest absolute Gasteiger partial charge is 0.465 e. The lowest BCUT2D eigenvalue weighted by Crippen LogP contribution is -2.57. The van der Waals surface area contributed by atoms with Crippen molar-refractivity contribution in [3.8, 4) is 0 Å². The first kappa shape index (κ1) is 14.5. The Kier molecular flexibility index (Phi) is 3.71. The zero-order valence-electron chi connectivity index (χ0n) is 12.8. The number of hydrogen-bond donors (Lipinski definition) is 0. The second-order valence-corrected chi connectivity index (χ2v) is 6.16. The van der Waals surface area contributed by atoms with E-state index in [1.807, 2.05) is 0 Å². The Morgan fingerprint density at radius 1 is 1.38 bits per heavy atom. The molecule has 4 heterocycles. The van der Waals surface area contributed by atoms with Crippen molar-refractivity contribution in [2.75, 3.05) is 39.3 Å². The van der Waals surface area contributed by atoms with Crippen LogP contribution in [0.25, 0.3) is 0 Å². The van der Waals surface area contributed by atoms with E-state index in [0.29, 0.717) is 18.3 Å². The van der Waals surface area contributed by atoms with E-state index >= 15 is 0 Å². The van der Waals surface area contributed by atoms with Gasteiger partial charge in [-0.25, -0.2) is 0 Å². The Morgan fingerprint density at radius 2 is 2.10 bits per heavy atom. The number of carbonyl (C=O) groups is 1. The standard InChI is InChI=1S/C14H22N4O3/c1-4-20-13(19)14(2,3)12-15-11(16-21-12)10-9-17-5-7-18(10)8-6-17/h10H,4-9H2,1-3H3. The third-order valence-electron chi connectivity index (χ3n) is 4.34. The van der Waals surface area contributed by atoms with Crippen LogP contribution in [0, 0.1) is 0 Å². The van der Waals surface area contributed by atoms with E-state index in [9.17, 15) is 4.79 Å². The normalized spacial score (nSPS) is 28.6. The minimum Gasteiger partial charge on any atom is -0.465 e. The maximum absolute atomic E-state index is 12.0. The molecule has 3 fully saturated rings. The summed E-state index contributed by atoms with van der Waals surface area (Å²) < 4.78 is 10.4. The predicted octanol–water partition coefficient (Wildman–Crippen LogP) is 0.583. The van der Waals surface area contributed by atoms with Crippen LogP contribution in [0.15, 0.2) is 4.52 Å². The Balaban J connectivity index is 1.78. The van der Waals surface area contributed by atoms with E-state index in [4.69, 9.17) is 9.26 Å². The van der Waals surface area contributed by atoms with Crippen LogP contribution in [-0.2, 0) is 14.9 Å². The molecule has 3 aliphatic heterocycles. The molecule has 116 valence electrons. The van der Waals surface area contributed by atoms with Crippen LogP contribution in [-0.4, -0.2) is 65.2 Å². The zero-order chi connectivity index (χ0) is 15.0. The van der Waals surface area contributed by atoms with Gasteiger partial charge in [-0.2, -0.15) is 4.98 Å². The Bertz CT molecular complexity index is 520. The molecule has 7 heteroatoms. The summed E-state index contributed by atoms with van der Waals surface area (Å²) in [5, 5.41) is 4.11. The van der Waals surface area contributed by atoms with Crippen molar-refractivity contribution in [3.63, 3.8) is 0 Å². The first-order valence-corrected chi connectivity index (χ1v) is 7.50. The highest BCUT2D eigenvalue weighted by Gasteiger charge is 2.40. The fourth-order valence-corrected chi connectivity index (χ4v) is 2.89. The third kappa shape index (κ3) is 2.55. The van der Waals surface area contributed by atoms with Gasteiger partial charge in [-0.15, -0.1) is 0 Å². The SMILES string of the molecule is CCOC(=O)C(C)(C)c1nc(C2CN3CCN2CC3)no1. The van der Waals surface area contributed by atoms with Crippen LogP contribution >= 0.6 is 0 Å². The molecule has 21 heavy (non-hydrogen) atoms. The van der Waals surface area contributed by atoms with E-state index in [0.717, 1.165) is 32.7 Å². The molecule has 0 N–H and O–H groups in total. The zero-order valence-corrected chi connectivity index (χ0v) is 12.8. The minimum absolute atomic E-state index is 0.169. The maximum Gasteiger partial charge on any atom is 0.321 e. The van der Waals surface area contributed by atoms with E-state index in [1.165, 1.54) is 0 Å². The number of aromatic nitrogens is 2. The molecular formula is C14H22N4O3. The monoisotopic (exact) mass is 294 g/mol. The van der Waals surface area contributed by atoms with Crippen LogP contribution in [0.4, 0.5) is 0 Å². The van der Waals surface area contributed by atoms with Crippen LogP contribution in [0.2, 0.25) is 0 Å². The predicted molar refractivity (Wildman–Crippen MR) is 74.7 cm³/mol. The van der Waals surface area contributed by atoms with Crippen molar-refractivity contribution in [1.29, 1.82) is 0 Å². The molecule has 3 saturated heterocycles. The van der Waals surface area contributed by atoms with Gasteiger partial charge in [-0.1, -0.05) is 5.16 Å². The minimum atomic E-state index is -0.912. The quantitative estimate of drug-likeness (QED) is 0.752. The lowest BCUT2D eigenvalue weighted by atomic mass is 9.93. The highest BCUT2D eigenvalue weighted by atomic mass is 16.5. The van der Waals surface area contributed by atoms with Crippen molar-refractivity contribution in [2.45, 2.75) is 32.2 Å². The molecule has 1 unspecified atom stereocenters. The summed E-state index contributed by atoms with van der Waals surface area (Å²) in [6.45, 7) is 10.8. The number of esters is 1. The second kappa shape index (κ2) is 5.38. The summed E-state index contributed by atoms with van der Waals surface area (Å²) in [4.78, 5) is 21.3. The number of rotatable bonds is 4. The van der Waals surface area contributed by atoms with Gasteiger partial charge in [-0.3, -0.25) is 14.6 Å². The van der Waals surface area contributed by atoms with E-state index < -0.39 is 5.41 Å². The van der Waals surface area contributed by atoms with Gasteiger partial charge in [0.2, 0.25) is 5.89 Å². The summed E-state index contributed by atoms with van der Waals surface area (Å²) in [6, 6.07) is 0.169. The van der Waals surface area contributed by atoms with Gasteiger partial charge in [0, 0.05) is 32.7 Å². The smallest absolute Gasteiger partial charge is 0.321 e. The Morgan fingerprint density at radius 3 is 2.67 bits per heavy atom. The number of ether oxygens (including phenoxy) is 1. The summed E-state index contributed by atoms with van der Waals surface area (Å²) in [7, 11) is 0. The molecule has 0 aromatic carbocycles. The lowest BCUT2D eigenvalue weighted by Gasteiger charge is -2.46. The van der Waals surface area contributed by atoms with Gasteiger partial charge >= 0.3 is 5.97 Å². The number of carbonyl (C=O) groups excluding carboxylic acids is 1. The summed E-state index contributed by atoms with van der Waals surface area (Å²) >= 11 is 0. The van der Waals surface area contributed by atoms with Crippen molar-refractivity contribution < 1.29 is 14.1 Å². The Labute approximate surface area is 124 Å². The van der Waals surface area contributed by atoms with Gasteiger partial charge in [0.05, 0.1) is 12.6 Å². The molecule has 2 bridgehead atoms. The molecule has 0 aliphatic carbocycles. The summed E-state index contributed by atoms with van der Waals surface area (Å²) in [6.07, 6.45) is 0. The number of hydrogen-bond acceptors (Lipinski definition) is 7. The molecule has 3 aliphatic rings. The molecule has 7 nitrogen and oxygen atoms in total. The molecule has 1 atom stereocenters. The molecule has 0 saturated carbocycles. The van der Waals surface area contributed by atoms with Crippen molar-refractivity contribution in [1.82, 2.24) is 19.9 Å². The average molecular weight is 294 g/mol. The first-order chi connectivity index (χ1) is 10.0. The average Bonchev–Trinajstić information content (AvgIpc) is 2.99.